The topological polar surface area (TPSA) is 116 Å². The molecule has 7 nitrogen and oxygen atoms in total. The Kier molecular flexibility index (Phi) is 2.11. The number of amides is 3. The van der Waals surface area contributed by atoms with E-state index in [-0.39, 0.29) is 6.61 Å². The second-order valence-electron chi connectivity index (χ2n) is 3.73. The lowest BCUT2D eigenvalue weighted by Gasteiger charge is -2.04. The first kappa shape index (κ1) is 9.91. The number of aliphatic carboxylic acids is 1. The van der Waals surface area contributed by atoms with Crippen molar-refractivity contribution in [2.24, 2.45) is 17.8 Å². The summed E-state index contributed by atoms with van der Waals surface area (Å²) in [5, 5.41) is 22.1. The van der Waals surface area contributed by atoms with Gasteiger partial charge in [-0.05, 0) is 0 Å². The van der Waals surface area contributed by atoms with Crippen LogP contribution < -0.4 is 10.6 Å². The first-order valence-corrected chi connectivity index (χ1v) is 4.51. The predicted octanol–water partition coefficient (Wildman–Crippen LogP) is -1.87. The Morgan fingerprint density at radius 3 is 2.40 bits per heavy atom. The van der Waals surface area contributed by atoms with Crippen molar-refractivity contribution in [2.45, 2.75) is 6.04 Å². The van der Waals surface area contributed by atoms with Gasteiger partial charge in [0.2, 0.25) is 0 Å². The summed E-state index contributed by atoms with van der Waals surface area (Å²) in [5.74, 6) is -3.26. The minimum Gasteiger partial charge on any atom is -0.481 e. The average Bonchev–Trinajstić information content (AvgIpc) is 2.79. The molecular formula is C8H10N2O5. The van der Waals surface area contributed by atoms with Crippen LogP contribution in [-0.4, -0.2) is 40.8 Å². The number of urea groups is 1. The summed E-state index contributed by atoms with van der Waals surface area (Å²) in [5.41, 5.74) is 0. The van der Waals surface area contributed by atoms with Crippen LogP contribution in [0.3, 0.4) is 0 Å². The lowest BCUT2D eigenvalue weighted by molar-refractivity contribution is -0.139. The van der Waals surface area contributed by atoms with Crippen molar-refractivity contribution < 1.29 is 24.6 Å². The van der Waals surface area contributed by atoms with E-state index in [0.29, 0.717) is 0 Å². The van der Waals surface area contributed by atoms with Crippen LogP contribution in [0.25, 0.3) is 0 Å². The van der Waals surface area contributed by atoms with Crippen molar-refractivity contribution in [1.29, 1.82) is 0 Å². The fraction of sp³-hybridized carbons (Fsp3) is 0.625. The number of carbonyl (C=O) groups is 3. The van der Waals surface area contributed by atoms with Gasteiger partial charge in [-0.3, -0.25) is 14.9 Å². The molecule has 7 heteroatoms. The van der Waals surface area contributed by atoms with Gasteiger partial charge in [0.1, 0.15) is 6.04 Å². The number of carbonyl (C=O) groups excluding carboxylic acids is 2. The Labute approximate surface area is 84.5 Å². The number of rotatable bonds is 3. The molecule has 0 radical (unpaired) electrons. The molecule has 2 fully saturated rings. The molecule has 0 spiro atoms. The minimum absolute atomic E-state index is 0.290. The van der Waals surface area contributed by atoms with Crippen LogP contribution in [-0.2, 0) is 9.59 Å². The molecule has 1 saturated heterocycles. The van der Waals surface area contributed by atoms with Crippen LogP contribution in [0.4, 0.5) is 4.79 Å². The van der Waals surface area contributed by atoms with Gasteiger partial charge in [-0.15, -0.1) is 0 Å². The Morgan fingerprint density at radius 2 is 2.07 bits per heavy atom. The summed E-state index contributed by atoms with van der Waals surface area (Å²) >= 11 is 0. The second kappa shape index (κ2) is 3.20. The zero-order valence-electron chi connectivity index (χ0n) is 7.64. The van der Waals surface area contributed by atoms with E-state index in [2.05, 4.69) is 5.32 Å². The van der Waals surface area contributed by atoms with Crippen LogP contribution >= 0.6 is 0 Å². The first-order chi connectivity index (χ1) is 7.06. The molecule has 4 atom stereocenters. The fourth-order valence-corrected chi connectivity index (χ4v) is 2.14. The minimum atomic E-state index is -1.05. The number of carboxylic acids is 1. The zero-order chi connectivity index (χ0) is 11.2. The molecule has 15 heavy (non-hydrogen) atoms. The van der Waals surface area contributed by atoms with E-state index in [1.807, 2.05) is 5.32 Å². The third kappa shape index (κ3) is 1.44. The monoisotopic (exact) mass is 214 g/mol. The third-order valence-electron chi connectivity index (χ3n) is 2.92. The number of carboxylic acid groups (broad SMARTS) is 1. The molecule has 0 aromatic carbocycles. The van der Waals surface area contributed by atoms with Crippen molar-refractivity contribution in [3.63, 3.8) is 0 Å². The van der Waals surface area contributed by atoms with Crippen molar-refractivity contribution in [2.75, 3.05) is 6.61 Å². The number of hydrogen-bond donors (Lipinski definition) is 4. The zero-order valence-corrected chi connectivity index (χ0v) is 7.64. The molecule has 2 aliphatic rings. The number of aliphatic hydroxyl groups excluding tert-OH is 1. The van der Waals surface area contributed by atoms with Gasteiger partial charge in [0.15, 0.2) is 0 Å². The third-order valence-corrected chi connectivity index (χ3v) is 2.92. The normalized spacial score (nSPS) is 38.5. The average molecular weight is 214 g/mol. The largest absolute Gasteiger partial charge is 0.481 e. The van der Waals surface area contributed by atoms with E-state index in [1.54, 1.807) is 0 Å². The quantitative estimate of drug-likeness (QED) is 0.411. The van der Waals surface area contributed by atoms with Crippen molar-refractivity contribution in [1.82, 2.24) is 10.6 Å². The van der Waals surface area contributed by atoms with E-state index in [9.17, 15) is 14.4 Å². The van der Waals surface area contributed by atoms with E-state index in [1.165, 1.54) is 0 Å². The fourth-order valence-electron chi connectivity index (χ4n) is 2.14. The number of hydrogen-bond acceptors (Lipinski definition) is 4. The highest BCUT2D eigenvalue weighted by Gasteiger charge is 2.61. The van der Waals surface area contributed by atoms with Crippen LogP contribution in [0.1, 0.15) is 0 Å². The van der Waals surface area contributed by atoms with E-state index < -0.39 is 41.7 Å². The number of nitrogens with one attached hydrogen (secondary N) is 2. The smallest absolute Gasteiger partial charge is 0.322 e. The molecule has 0 bridgehead atoms. The van der Waals surface area contributed by atoms with Crippen molar-refractivity contribution in [3.8, 4) is 0 Å². The molecule has 82 valence electrons. The van der Waals surface area contributed by atoms with Crippen molar-refractivity contribution in [3.05, 3.63) is 0 Å². The van der Waals surface area contributed by atoms with Crippen LogP contribution in [0.5, 0.6) is 0 Å². The molecule has 2 rings (SSSR count). The predicted molar refractivity (Wildman–Crippen MR) is 45.7 cm³/mol. The molecule has 0 aromatic rings. The van der Waals surface area contributed by atoms with Gasteiger partial charge < -0.3 is 15.5 Å². The van der Waals surface area contributed by atoms with E-state index in [4.69, 9.17) is 10.2 Å². The maximum absolute atomic E-state index is 11.2. The lowest BCUT2D eigenvalue weighted by atomic mass is 10.1. The number of imide groups is 1. The van der Waals surface area contributed by atoms with Gasteiger partial charge in [0.05, 0.1) is 5.92 Å². The van der Waals surface area contributed by atoms with E-state index >= 15 is 0 Å². The molecule has 1 aliphatic heterocycles. The maximum atomic E-state index is 11.2. The summed E-state index contributed by atoms with van der Waals surface area (Å²) in [7, 11) is 0. The standard InChI is InChI=1S/C8H10N2O5/c11-1-2-3(4(2)7(13)14)5-6(12)10-8(15)9-5/h2-5,11H,1H2,(H,13,14)(H2,9,10,12,15)/t2-,3+,4+,5?/m1/s1. The van der Waals surface area contributed by atoms with Crippen LogP contribution in [0.2, 0.25) is 0 Å². The molecule has 0 aromatic heterocycles. The second-order valence-corrected chi connectivity index (χ2v) is 3.73. The van der Waals surface area contributed by atoms with Crippen LogP contribution in [0.15, 0.2) is 0 Å². The summed E-state index contributed by atoms with van der Waals surface area (Å²) in [6.07, 6.45) is 0. The maximum Gasteiger partial charge on any atom is 0.322 e. The number of aliphatic hydroxyl groups is 1. The van der Waals surface area contributed by atoms with E-state index in [0.717, 1.165) is 0 Å². The van der Waals surface area contributed by atoms with Crippen LogP contribution in [0, 0.1) is 17.8 Å². The Balaban J connectivity index is 2.09. The lowest BCUT2D eigenvalue weighted by Crippen LogP contribution is -2.33. The highest BCUT2D eigenvalue weighted by Crippen LogP contribution is 2.48. The summed E-state index contributed by atoms with van der Waals surface area (Å²) in [6, 6.07) is -1.44. The van der Waals surface area contributed by atoms with Gasteiger partial charge in [-0.2, -0.15) is 0 Å². The molecular weight excluding hydrogens is 204 g/mol. The molecule has 3 amide bonds. The molecule has 1 heterocycles. The Bertz CT molecular complexity index is 342. The molecule has 4 N–H and O–H groups in total. The highest BCUT2D eigenvalue weighted by atomic mass is 16.4. The molecule has 1 saturated carbocycles. The first-order valence-electron chi connectivity index (χ1n) is 4.51. The SMILES string of the molecule is O=C1NC(=O)C([C@H]2[C@@H](CO)[C@@H]2C(=O)O)N1. The Hall–Kier alpha value is -1.63. The van der Waals surface area contributed by atoms with Gasteiger partial charge in [-0.25, -0.2) is 4.79 Å². The Morgan fingerprint density at radius 1 is 1.40 bits per heavy atom. The van der Waals surface area contributed by atoms with Crippen molar-refractivity contribution >= 4 is 17.9 Å². The molecule has 1 unspecified atom stereocenters. The molecule has 1 aliphatic carbocycles. The van der Waals surface area contributed by atoms with Gasteiger partial charge in [-0.1, -0.05) is 0 Å². The summed E-state index contributed by atoms with van der Waals surface area (Å²) < 4.78 is 0. The summed E-state index contributed by atoms with van der Waals surface area (Å²) in [6.45, 7) is -0.290. The van der Waals surface area contributed by atoms with Gasteiger partial charge in [0.25, 0.3) is 5.91 Å². The summed E-state index contributed by atoms with van der Waals surface area (Å²) in [4.78, 5) is 32.8. The highest BCUT2D eigenvalue weighted by molar-refractivity contribution is 6.05. The van der Waals surface area contributed by atoms with Gasteiger partial charge >= 0.3 is 12.0 Å². The van der Waals surface area contributed by atoms with Gasteiger partial charge in [0, 0.05) is 18.4 Å².